The summed E-state index contributed by atoms with van der Waals surface area (Å²) in [6.45, 7) is 5.05. The van der Waals surface area contributed by atoms with Crippen LogP contribution in [0.2, 0.25) is 0 Å². The van der Waals surface area contributed by atoms with Crippen LogP contribution in [0.3, 0.4) is 0 Å². The lowest BCUT2D eigenvalue weighted by Gasteiger charge is -2.36. The predicted molar refractivity (Wildman–Crippen MR) is 90.1 cm³/mol. The van der Waals surface area contributed by atoms with Crippen LogP contribution in [0, 0.1) is 6.92 Å². The standard InChI is InChI=1S/C18H21N3O2/c1-14-7-8-19-13-17(14)18(22)21-11-9-20(10-12-21)15-3-5-16(23-2)6-4-15/h3-8,13H,9-12H2,1-2H3. The molecule has 1 aliphatic heterocycles. The van der Waals surface area contributed by atoms with Gasteiger partial charge in [0.2, 0.25) is 0 Å². The molecule has 0 radical (unpaired) electrons. The SMILES string of the molecule is COc1ccc(N2CCN(C(=O)c3cnccc3C)CC2)cc1. The van der Waals surface area contributed by atoms with Gasteiger partial charge in [-0.25, -0.2) is 0 Å². The summed E-state index contributed by atoms with van der Waals surface area (Å²) in [5, 5.41) is 0. The number of carbonyl (C=O) groups excluding carboxylic acids is 1. The number of methoxy groups -OCH3 is 1. The summed E-state index contributed by atoms with van der Waals surface area (Å²) >= 11 is 0. The quantitative estimate of drug-likeness (QED) is 0.873. The van der Waals surface area contributed by atoms with Gasteiger partial charge in [0, 0.05) is 44.3 Å². The van der Waals surface area contributed by atoms with Gasteiger partial charge in [-0.3, -0.25) is 9.78 Å². The van der Waals surface area contributed by atoms with Crippen LogP contribution in [0.25, 0.3) is 0 Å². The van der Waals surface area contributed by atoms with Gasteiger partial charge in [-0.05, 0) is 42.8 Å². The molecule has 0 unspecified atom stereocenters. The number of aromatic nitrogens is 1. The minimum Gasteiger partial charge on any atom is -0.497 e. The van der Waals surface area contributed by atoms with Gasteiger partial charge >= 0.3 is 0 Å². The Morgan fingerprint density at radius 1 is 1.09 bits per heavy atom. The van der Waals surface area contributed by atoms with Gasteiger partial charge in [-0.2, -0.15) is 0 Å². The first-order valence-electron chi connectivity index (χ1n) is 7.78. The van der Waals surface area contributed by atoms with Crippen LogP contribution >= 0.6 is 0 Å². The summed E-state index contributed by atoms with van der Waals surface area (Å²) < 4.78 is 5.19. The van der Waals surface area contributed by atoms with Gasteiger partial charge in [-0.1, -0.05) is 0 Å². The molecule has 0 saturated carbocycles. The van der Waals surface area contributed by atoms with Crippen molar-refractivity contribution in [2.45, 2.75) is 6.92 Å². The van der Waals surface area contributed by atoms with Crippen LogP contribution in [0.1, 0.15) is 15.9 Å². The first kappa shape index (κ1) is 15.3. The maximum Gasteiger partial charge on any atom is 0.255 e. The lowest BCUT2D eigenvalue weighted by atomic mass is 10.1. The summed E-state index contributed by atoms with van der Waals surface area (Å²) in [5.74, 6) is 0.930. The van der Waals surface area contributed by atoms with Gasteiger partial charge in [0.15, 0.2) is 0 Å². The maximum atomic E-state index is 12.6. The molecule has 1 aromatic heterocycles. The van der Waals surface area contributed by atoms with E-state index in [0.717, 1.165) is 43.2 Å². The molecule has 5 nitrogen and oxygen atoms in total. The second-order valence-corrected chi connectivity index (χ2v) is 5.67. The smallest absolute Gasteiger partial charge is 0.255 e. The van der Waals surface area contributed by atoms with Gasteiger partial charge < -0.3 is 14.5 Å². The van der Waals surface area contributed by atoms with E-state index in [1.807, 2.05) is 30.0 Å². The fraction of sp³-hybridized carbons (Fsp3) is 0.333. The van der Waals surface area contributed by atoms with Gasteiger partial charge in [-0.15, -0.1) is 0 Å². The van der Waals surface area contributed by atoms with Crippen molar-refractivity contribution >= 4 is 11.6 Å². The van der Waals surface area contributed by atoms with Crippen molar-refractivity contribution < 1.29 is 9.53 Å². The number of pyridine rings is 1. The van der Waals surface area contributed by atoms with E-state index in [0.29, 0.717) is 5.56 Å². The number of benzene rings is 1. The van der Waals surface area contributed by atoms with Crippen LogP contribution in [-0.2, 0) is 0 Å². The zero-order chi connectivity index (χ0) is 16.2. The van der Waals surface area contributed by atoms with E-state index in [4.69, 9.17) is 4.74 Å². The van der Waals surface area contributed by atoms with Gasteiger partial charge in [0.05, 0.1) is 12.7 Å². The molecule has 5 heteroatoms. The van der Waals surface area contributed by atoms with Crippen LogP contribution in [0.5, 0.6) is 5.75 Å². The summed E-state index contributed by atoms with van der Waals surface area (Å²) in [4.78, 5) is 20.9. The third-order valence-corrected chi connectivity index (χ3v) is 4.27. The van der Waals surface area contributed by atoms with Crippen molar-refractivity contribution in [3.05, 3.63) is 53.9 Å². The van der Waals surface area contributed by atoms with Crippen molar-refractivity contribution in [1.29, 1.82) is 0 Å². The van der Waals surface area contributed by atoms with E-state index < -0.39 is 0 Å². The second-order valence-electron chi connectivity index (χ2n) is 5.67. The average Bonchev–Trinajstić information content (AvgIpc) is 2.62. The molecule has 1 aliphatic rings. The van der Waals surface area contributed by atoms with E-state index in [-0.39, 0.29) is 5.91 Å². The van der Waals surface area contributed by atoms with Gasteiger partial charge in [0.1, 0.15) is 5.75 Å². The lowest BCUT2D eigenvalue weighted by Crippen LogP contribution is -2.49. The number of rotatable bonds is 3. The molecule has 0 spiro atoms. The third-order valence-electron chi connectivity index (χ3n) is 4.27. The summed E-state index contributed by atoms with van der Waals surface area (Å²) in [5.41, 5.74) is 2.84. The molecule has 0 bridgehead atoms. The summed E-state index contributed by atoms with van der Waals surface area (Å²) in [7, 11) is 1.67. The molecule has 1 amide bonds. The average molecular weight is 311 g/mol. The van der Waals surface area contributed by atoms with E-state index in [2.05, 4.69) is 22.0 Å². The molecule has 1 saturated heterocycles. The predicted octanol–water partition coefficient (Wildman–Crippen LogP) is 2.36. The number of amides is 1. The molecule has 0 atom stereocenters. The van der Waals surface area contributed by atoms with Crippen LogP contribution in [0.15, 0.2) is 42.7 Å². The second kappa shape index (κ2) is 6.69. The van der Waals surface area contributed by atoms with Crippen molar-refractivity contribution in [2.24, 2.45) is 0 Å². The lowest BCUT2D eigenvalue weighted by molar-refractivity contribution is 0.0745. The Morgan fingerprint density at radius 3 is 2.39 bits per heavy atom. The topological polar surface area (TPSA) is 45.7 Å². The Hall–Kier alpha value is -2.56. The molecule has 2 aromatic rings. The number of aryl methyl sites for hydroxylation is 1. The molecular formula is C18H21N3O2. The molecule has 1 fully saturated rings. The maximum absolute atomic E-state index is 12.6. The molecule has 120 valence electrons. The van der Waals surface area contributed by atoms with Gasteiger partial charge in [0.25, 0.3) is 5.91 Å². The zero-order valence-electron chi connectivity index (χ0n) is 13.5. The van der Waals surface area contributed by atoms with E-state index in [1.54, 1.807) is 19.5 Å². The van der Waals surface area contributed by atoms with Crippen molar-refractivity contribution in [1.82, 2.24) is 9.88 Å². The molecular weight excluding hydrogens is 290 g/mol. The Bertz CT molecular complexity index is 677. The highest BCUT2D eigenvalue weighted by Gasteiger charge is 2.23. The van der Waals surface area contributed by atoms with Crippen LogP contribution < -0.4 is 9.64 Å². The minimum atomic E-state index is 0.0741. The summed E-state index contributed by atoms with van der Waals surface area (Å²) in [6, 6.07) is 9.92. The number of anilines is 1. The number of nitrogens with zero attached hydrogens (tertiary/aromatic N) is 3. The van der Waals surface area contributed by atoms with E-state index >= 15 is 0 Å². The van der Waals surface area contributed by atoms with Crippen LogP contribution in [-0.4, -0.2) is 49.1 Å². The van der Waals surface area contributed by atoms with E-state index in [1.165, 1.54) is 0 Å². The number of ether oxygens (including phenoxy) is 1. The Kier molecular flexibility index (Phi) is 4.46. The highest BCUT2D eigenvalue weighted by molar-refractivity contribution is 5.95. The number of piperazine rings is 1. The fourth-order valence-corrected chi connectivity index (χ4v) is 2.82. The Balaban J connectivity index is 1.64. The molecule has 0 aliphatic carbocycles. The number of hydrogen-bond donors (Lipinski definition) is 0. The highest BCUT2D eigenvalue weighted by Crippen LogP contribution is 2.21. The van der Waals surface area contributed by atoms with Crippen molar-refractivity contribution in [3.8, 4) is 5.75 Å². The Morgan fingerprint density at radius 2 is 1.78 bits per heavy atom. The molecule has 2 heterocycles. The van der Waals surface area contributed by atoms with Crippen LogP contribution in [0.4, 0.5) is 5.69 Å². The first-order valence-corrected chi connectivity index (χ1v) is 7.78. The van der Waals surface area contributed by atoms with Crippen molar-refractivity contribution in [3.63, 3.8) is 0 Å². The van der Waals surface area contributed by atoms with E-state index in [9.17, 15) is 4.79 Å². The zero-order valence-corrected chi connectivity index (χ0v) is 13.5. The monoisotopic (exact) mass is 311 g/mol. The fourth-order valence-electron chi connectivity index (χ4n) is 2.82. The molecule has 3 rings (SSSR count). The number of carbonyl (C=O) groups is 1. The Labute approximate surface area is 136 Å². The molecule has 0 N–H and O–H groups in total. The van der Waals surface area contributed by atoms with Crippen molar-refractivity contribution in [2.75, 3.05) is 38.2 Å². The normalized spacial score (nSPS) is 14.7. The highest BCUT2D eigenvalue weighted by atomic mass is 16.5. The first-order chi connectivity index (χ1) is 11.2. The molecule has 1 aromatic carbocycles. The molecule has 23 heavy (non-hydrogen) atoms. The summed E-state index contributed by atoms with van der Waals surface area (Å²) in [6.07, 6.45) is 3.38. The largest absolute Gasteiger partial charge is 0.497 e. The number of hydrogen-bond acceptors (Lipinski definition) is 4. The minimum absolute atomic E-state index is 0.0741. The third kappa shape index (κ3) is 3.28.